The molecule has 2 heterocycles. The van der Waals surface area contributed by atoms with Crippen molar-refractivity contribution in [2.45, 2.75) is 45.2 Å². The van der Waals surface area contributed by atoms with Crippen molar-refractivity contribution in [3.8, 4) is 0 Å². The number of rotatable bonds is 10. The van der Waals surface area contributed by atoms with Gasteiger partial charge in [-0.2, -0.15) is 0 Å². The van der Waals surface area contributed by atoms with Gasteiger partial charge in [0.2, 0.25) is 0 Å². The first kappa shape index (κ1) is 27.6. The summed E-state index contributed by atoms with van der Waals surface area (Å²) in [6, 6.07) is 29.6. The van der Waals surface area contributed by atoms with E-state index in [1.165, 1.54) is 16.7 Å². The highest BCUT2D eigenvalue weighted by Gasteiger charge is 2.24. The number of carbonyl (C=O) groups is 1. The van der Waals surface area contributed by atoms with Crippen LogP contribution in [0.5, 0.6) is 0 Å². The molecule has 0 spiro atoms. The molecule has 0 bridgehead atoms. The summed E-state index contributed by atoms with van der Waals surface area (Å²) in [6.45, 7) is 6.31. The molecule has 1 amide bonds. The Bertz CT molecular complexity index is 1280. The number of amides is 1. The molecule has 39 heavy (non-hydrogen) atoms. The van der Waals surface area contributed by atoms with Gasteiger partial charge in [0, 0.05) is 36.0 Å². The number of hydrogen-bond donors (Lipinski definition) is 0. The van der Waals surface area contributed by atoms with E-state index in [1.807, 2.05) is 22.4 Å². The molecule has 4 aromatic rings. The molecule has 1 saturated heterocycles. The number of nitrogens with zero attached hydrogens (tertiary/aromatic N) is 3. The lowest BCUT2D eigenvalue weighted by Gasteiger charge is -2.29. The van der Waals surface area contributed by atoms with Gasteiger partial charge in [-0.15, -0.1) is 11.3 Å². The van der Waals surface area contributed by atoms with Crippen molar-refractivity contribution in [1.29, 1.82) is 0 Å². The van der Waals surface area contributed by atoms with E-state index in [-0.39, 0.29) is 5.91 Å². The van der Waals surface area contributed by atoms with Crippen molar-refractivity contribution in [2.24, 2.45) is 5.92 Å². The molecule has 3 aromatic carbocycles. The number of piperidine rings is 1. The summed E-state index contributed by atoms with van der Waals surface area (Å²) in [4.78, 5) is 22.3. The number of thiazole rings is 1. The summed E-state index contributed by atoms with van der Waals surface area (Å²) >= 11 is 7.75. The first-order chi connectivity index (χ1) is 19.0. The van der Waals surface area contributed by atoms with E-state index in [1.54, 1.807) is 11.3 Å². The predicted octanol–water partition coefficient (Wildman–Crippen LogP) is 7.89. The summed E-state index contributed by atoms with van der Waals surface area (Å²) in [5.74, 6) is 1.06. The van der Waals surface area contributed by atoms with Crippen molar-refractivity contribution < 1.29 is 4.79 Å². The van der Waals surface area contributed by atoms with E-state index in [0.29, 0.717) is 24.1 Å². The molecule has 5 rings (SSSR count). The van der Waals surface area contributed by atoms with E-state index in [9.17, 15) is 4.79 Å². The number of hydrogen-bond acceptors (Lipinski definition) is 4. The van der Waals surface area contributed by atoms with Gasteiger partial charge in [-0.25, -0.2) is 4.98 Å². The molecular weight excluding hydrogens is 522 g/mol. The van der Waals surface area contributed by atoms with E-state index in [4.69, 9.17) is 16.6 Å². The largest absolute Gasteiger partial charge is 0.337 e. The summed E-state index contributed by atoms with van der Waals surface area (Å²) in [6.07, 6.45) is 3.12. The van der Waals surface area contributed by atoms with Crippen molar-refractivity contribution >= 4 is 28.8 Å². The Balaban J connectivity index is 1.32. The average molecular weight is 558 g/mol. The van der Waals surface area contributed by atoms with Crippen molar-refractivity contribution in [3.63, 3.8) is 0 Å². The lowest BCUT2D eigenvalue weighted by Crippen LogP contribution is -2.38. The van der Waals surface area contributed by atoms with Gasteiger partial charge in [-0.05, 0) is 60.5 Å². The zero-order valence-corrected chi connectivity index (χ0v) is 24.1. The minimum Gasteiger partial charge on any atom is -0.337 e. The third-order valence-electron chi connectivity index (χ3n) is 7.66. The maximum absolute atomic E-state index is 13.1. The second-order valence-electron chi connectivity index (χ2n) is 10.6. The Hall–Kier alpha value is -2.99. The van der Waals surface area contributed by atoms with Crippen LogP contribution in [0, 0.1) is 5.92 Å². The summed E-state index contributed by atoms with van der Waals surface area (Å²) < 4.78 is 0. The molecule has 0 radical (unpaired) electrons. The first-order valence-corrected chi connectivity index (χ1v) is 15.1. The topological polar surface area (TPSA) is 36.4 Å². The maximum atomic E-state index is 13.1. The minimum atomic E-state index is 0.0712. The molecule has 1 aromatic heterocycles. The Morgan fingerprint density at radius 3 is 2.18 bits per heavy atom. The van der Waals surface area contributed by atoms with Gasteiger partial charge in [0.05, 0.1) is 6.54 Å². The van der Waals surface area contributed by atoms with Crippen molar-refractivity contribution in [2.75, 3.05) is 19.6 Å². The lowest BCUT2D eigenvalue weighted by atomic mass is 9.88. The van der Waals surface area contributed by atoms with Gasteiger partial charge in [0.1, 0.15) is 10.7 Å². The van der Waals surface area contributed by atoms with Gasteiger partial charge < -0.3 is 4.90 Å². The van der Waals surface area contributed by atoms with Crippen LogP contribution >= 0.6 is 22.9 Å². The van der Waals surface area contributed by atoms with Crippen LogP contribution in [-0.4, -0.2) is 40.3 Å². The summed E-state index contributed by atoms with van der Waals surface area (Å²) in [5, 5.41) is 3.66. The highest BCUT2D eigenvalue weighted by molar-refractivity contribution is 7.09. The lowest BCUT2D eigenvalue weighted by molar-refractivity contribution is 0.0691. The summed E-state index contributed by atoms with van der Waals surface area (Å²) in [7, 11) is 0. The van der Waals surface area contributed by atoms with Crippen molar-refractivity contribution in [1.82, 2.24) is 14.8 Å². The average Bonchev–Trinajstić information content (AvgIpc) is 3.44. The number of carbonyl (C=O) groups excluding carboxylic acids is 1. The van der Waals surface area contributed by atoms with E-state index < -0.39 is 0 Å². The van der Waals surface area contributed by atoms with Gasteiger partial charge in [0.15, 0.2) is 0 Å². The van der Waals surface area contributed by atoms with E-state index in [0.717, 1.165) is 55.5 Å². The van der Waals surface area contributed by atoms with Gasteiger partial charge in [-0.3, -0.25) is 9.69 Å². The molecule has 1 aliphatic rings. The van der Waals surface area contributed by atoms with Gasteiger partial charge >= 0.3 is 0 Å². The maximum Gasteiger partial charge on any atom is 0.273 e. The first-order valence-electron chi connectivity index (χ1n) is 13.9. The zero-order valence-electron chi connectivity index (χ0n) is 22.5. The normalized spacial score (nSPS) is 14.3. The fourth-order valence-electron chi connectivity index (χ4n) is 5.32. The van der Waals surface area contributed by atoms with Crippen LogP contribution in [0.2, 0.25) is 5.02 Å². The predicted molar refractivity (Wildman–Crippen MR) is 161 cm³/mol. The van der Waals surface area contributed by atoms with Crippen LogP contribution in [0.15, 0.2) is 90.3 Å². The molecule has 0 N–H and O–H groups in total. The van der Waals surface area contributed by atoms with E-state index >= 15 is 0 Å². The van der Waals surface area contributed by atoms with Gasteiger partial charge in [0.25, 0.3) is 5.91 Å². The SMILES string of the molecule is CC1CCN(C(=O)c2csc(CN(CCC(c3ccccc3)c3ccccc3)Cc3ccc(Cl)cc3)n2)CC1. The zero-order chi connectivity index (χ0) is 27.0. The molecule has 202 valence electrons. The van der Waals surface area contributed by atoms with Crippen LogP contribution in [0.3, 0.4) is 0 Å². The molecular formula is C33H36ClN3OS. The molecule has 0 aliphatic carbocycles. The number of aromatic nitrogens is 1. The highest BCUT2D eigenvalue weighted by Crippen LogP contribution is 2.29. The molecule has 6 heteroatoms. The standard InChI is InChI=1S/C33H36ClN3OS/c1-25-16-20-37(21-17-25)33(38)31-24-39-32(35-31)23-36(22-26-12-14-29(34)15-13-26)19-18-30(27-8-4-2-5-9-27)28-10-6-3-7-11-28/h2-15,24-25,30H,16-23H2,1H3. The fraction of sp³-hybridized carbons (Fsp3) is 0.333. The molecule has 1 fully saturated rings. The number of halogens is 1. The third kappa shape index (κ3) is 7.57. The number of likely N-dealkylation sites (tertiary alicyclic amines) is 1. The van der Waals surface area contributed by atoms with Crippen LogP contribution in [0.4, 0.5) is 0 Å². The molecule has 1 aliphatic heterocycles. The molecule has 0 saturated carbocycles. The fourth-order valence-corrected chi connectivity index (χ4v) is 6.25. The Morgan fingerprint density at radius 1 is 0.949 bits per heavy atom. The van der Waals surface area contributed by atoms with Gasteiger partial charge in [-0.1, -0.05) is 91.3 Å². The quantitative estimate of drug-likeness (QED) is 0.199. The van der Waals surface area contributed by atoms with Crippen LogP contribution in [-0.2, 0) is 13.1 Å². The molecule has 4 nitrogen and oxygen atoms in total. The Labute approximate surface area is 241 Å². The minimum absolute atomic E-state index is 0.0712. The third-order valence-corrected chi connectivity index (χ3v) is 8.74. The second kappa shape index (κ2) is 13.4. The van der Waals surface area contributed by atoms with Crippen LogP contribution < -0.4 is 0 Å². The Kier molecular flexibility index (Phi) is 9.46. The molecule has 0 atom stereocenters. The van der Waals surface area contributed by atoms with Crippen LogP contribution in [0.25, 0.3) is 0 Å². The second-order valence-corrected chi connectivity index (χ2v) is 12.0. The van der Waals surface area contributed by atoms with E-state index in [2.05, 4.69) is 84.6 Å². The number of benzene rings is 3. The van der Waals surface area contributed by atoms with Crippen molar-refractivity contribution in [3.05, 3.63) is 123 Å². The highest BCUT2D eigenvalue weighted by atomic mass is 35.5. The monoisotopic (exact) mass is 557 g/mol. The summed E-state index contributed by atoms with van der Waals surface area (Å²) in [5.41, 5.74) is 4.45. The Morgan fingerprint density at radius 2 is 1.56 bits per heavy atom. The molecule has 0 unspecified atom stereocenters. The smallest absolute Gasteiger partial charge is 0.273 e. The van der Waals surface area contributed by atoms with Crippen LogP contribution in [0.1, 0.15) is 64.3 Å².